The highest BCUT2D eigenvalue weighted by Gasteiger charge is 2.11. The molecule has 0 aliphatic rings. The van der Waals surface area contributed by atoms with E-state index in [4.69, 9.17) is 10.8 Å². The van der Waals surface area contributed by atoms with Gasteiger partial charge in [-0.15, -0.1) is 0 Å². The Hall–Kier alpha value is -1.16. The molecular formula is C7H12N2O2. The summed E-state index contributed by atoms with van der Waals surface area (Å²) in [6.45, 7) is 5.26. The van der Waals surface area contributed by atoms with Crippen molar-refractivity contribution in [2.75, 3.05) is 0 Å². The third kappa shape index (κ3) is 4.27. The minimum atomic E-state index is -1.03. The van der Waals surface area contributed by atoms with Crippen molar-refractivity contribution in [3.8, 4) is 0 Å². The van der Waals surface area contributed by atoms with Crippen LogP contribution < -0.4 is 5.73 Å². The van der Waals surface area contributed by atoms with Gasteiger partial charge in [0.25, 0.3) is 0 Å². The van der Waals surface area contributed by atoms with Crippen molar-refractivity contribution in [2.45, 2.75) is 19.4 Å². The zero-order chi connectivity index (χ0) is 8.85. The Morgan fingerprint density at radius 3 is 2.82 bits per heavy atom. The molecule has 62 valence electrons. The molecule has 0 spiro atoms. The molecule has 4 heteroatoms. The van der Waals surface area contributed by atoms with Gasteiger partial charge in [0, 0.05) is 18.3 Å². The third-order valence-electron chi connectivity index (χ3n) is 1.08. The van der Waals surface area contributed by atoms with Crippen LogP contribution >= 0.6 is 0 Å². The molecule has 4 nitrogen and oxygen atoms in total. The highest BCUT2D eigenvalue weighted by molar-refractivity contribution is 5.73. The summed E-state index contributed by atoms with van der Waals surface area (Å²) < 4.78 is 0. The van der Waals surface area contributed by atoms with Gasteiger partial charge in [-0.3, -0.25) is 9.79 Å². The van der Waals surface area contributed by atoms with Gasteiger partial charge in [0.2, 0.25) is 0 Å². The smallest absolute Gasteiger partial charge is 0.320 e. The second kappa shape index (κ2) is 4.62. The van der Waals surface area contributed by atoms with E-state index in [1.165, 1.54) is 0 Å². The first-order valence-electron chi connectivity index (χ1n) is 3.22. The van der Waals surface area contributed by atoms with Gasteiger partial charge in [0.05, 0.1) is 0 Å². The van der Waals surface area contributed by atoms with E-state index in [1.807, 2.05) is 0 Å². The van der Waals surface area contributed by atoms with Crippen molar-refractivity contribution in [2.24, 2.45) is 10.7 Å². The number of nitrogens with zero attached hydrogens (tertiary/aromatic N) is 1. The van der Waals surface area contributed by atoms with Gasteiger partial charge in [-0.2, -0.15) is 0 Å². The monoisotopic (exact) mass is 156 g/mol. The predicted molar refractivity (Wildman–Crippen MR) is 43.5 cm³/mol. The zero-order valence-electron chi connectivity index (χ0n) is 6.45. The Morgan fingerprint density at radius 2 is 2.45 bits per heavy atom. The van der Waals surface area contributed by atoms with Crippen molar-refractivity contribution in [3.63, 3.8) is 0 Å². The third-order valence-corrected chi connectivity index (χ3v) is 1.08. The molecule has 1 unspecified atom stereocenters. The molecule has 0 fully saturated rings. The molecule has 0 aliphatic carbocycles. The molecule has 0 radical (unpaired) electrons. The topological polar surface area (TPSA) is 75.7 Å². The van der Waals surface area contributed by atoms with E-state index in [2.05, 4.69) is 11.6 Å². The van der Waals surface area contributed by atoms with Crippen LogP contribution in [0.1, 0.15) is 13.3 Å². The summed E-state index contributed by atoms with van der Waals surface area (Å²) in [5.74, 6) is -1.03. The number of rotatable bonds is 4. The molecule has 1 atom stereocenters. The summed E-state index contributed by atoms with van der Waals surface area (Å²) in [5.41, 5.74) is 5.70. The summed E-state index contributed by atoms with van der Waals surface area (Å²) in [5, 5.41) is 8.38. The van der Waals surface area contributed by atoms with Crippen molar-refractivity contribution >= 4 is 12.2 Å². The lowest BCUT2D eigenvalue weighted by molar-refractivity contribution is -0.138. The molecule has 0 aromatic rings. The minimum Gasteiger partial charge on any atom is -0.480 e. The molecule has 0 aromatic heterocycles. The fraction of sp³-hybridized carbons (Fsp3) is 0.429. The molecule has 0 aliphatic heterocycles. The fourth-order valence-corrected chi connectivity index (χ4v) is 0.576. The fourth-order valence-electron chi connectivity index (χ4n) is 0.576. The number of hydrogen-bond acceptors (Lipinski definition) is 3. The van der Waals surface area contributed by atoms with Crippen LogP contribution in [0.25, 0.3) is 0 Å². The Bertz CT molecular complexity index is 187. The predicted octanol–water partition coefficient (Wildman–Crippen LogP) is 0.393. The van der Waals surface area contributed by atoms with E-state index < -0.39 is 12.0 Å². The van der Waals surface area contributed by atoms with E-state index in [-0.39, 0.29) is 6.42 Å². The maximum atomic E-state index is 10.2. The number of carboxylic acids is 1. The van der Waals surface area contributed by atoms with Gasteiger partial charge in [0.1, 0.15) is 6.04 Å². The molecule has 0 heterocycles. The van der Waals surface area contributed by atoms with Crippen LogP contribution in [0.3, 0.4) is 0 Å². The second-order valence-electron chi connectivity index (χ2n) is 2.10. The van der Waals surface area contributed by atoms with E-state index in [9.17, 15) is 4.79 Å². The average molecular weight is 156 g/mol. The maximum Gasteiger partial charge on any atom is 0.320 e. The molecule has 11 heavy (non-hydrogen) atoms. The molecular weight excluding hydrogens is 144 g/mol. The Balaban J connectivity index is 3.85. The average Bonchev–Trinajstić information content (AvgIpc) is 1.87. The SMILES string of the molecule is C=C(CC(N)C(=O)O)N=CC. The van der Waals surface area contributed by atoms with Crippen LogP contribution in [0.2, 0.25) is 0 Å². The molecule has 0 rings (SSSR count). The highest BCUT2D eigenvalue weighted by atomic mass is 16.4. The molecule has 0 saturated carbocycles. The van der Waals surface area contributed by atoms with Crippen molar-refractivity contribution in [1.29, 1.82) is 0 Å². The Morgan fingerprint density at radius 1 is 1.91 bits per heavy atom. The molecule has 3 N–H and O–H groups in total. The highest BCUT2D eigenvalue weighted by Crippen LogP contribution is 2.01. The second-order valence-corrected chi connectivity index (χ2v) is 2.10. The Labute approximate surface area is 65.4 Å². The van der Waals surface area contributed by atoms with Crippen molar-refractivity contribution in [3.05, 3.63) is 12.3 Å². The summed E-state index contributed by atoms with van der Waals surface area (Å²) in [7, 11) is 0. The number of carbonyl (C=O) groups is 1. The summed E-state index contributed by atoms with van der Waals surface area (Å²) >= 11 is 0. The van der Waals surface area contributed by atoms with Gasteiger partial charge >= 0.3 is 5.97 Å². The quantitative estimate of drug-likeness (QED) is 0.578. The lowest BCUT2D eigenvalue weighted by Crippen LogP contribution is -2.30. The van der Waals surface area contributed by atoms with E-state index in [0.29, 0.717) is 5.70 Å². The molecule has 0 aromatic carbocycles. The summed E-state index contributed by atoms with van der Waals surface area (Å²) in [4.78, 5) is 14.0. The maximum absolute atomic E-state index is 10.2. The van der Waals surface area contributed by atoms with Crippen LogP contribution in [0, 0.1) is 0 Å². The van der Waals surface area contributed by atoms with Gasteiger partial charge in [-0.25, -0.2) is 0 Å². The van der Waals surface area contributed by atoms with Crippen molar-refractivity contribution in [1.82, 2.24) is 0 Å². The van der Waals surface area contributed by atoms with Gasteiger partial charge < -0.3 is 10.8 Å². The van der Waals surface area contributed by atoms with Crippen molar-refractivity contribution < 1.29 is 9.90 Å². The van der Waals surface area contributed by atoms with Crippen LogP contribution in [-0.2, 0) is 4.79 Å². The molecule has 0 bridgehead atoms. The molecule has 0 saturated heterocycles. The van der Waals surface area contributed by atoms with Gasteiger partial charge in [-0.1, -0.05) is 6.58 Å². The zero-order valence-corrected chi connectivity index (χ0v) is 6.45. The lowest BCUT2D eigenvalue weighted by atomic mass is 10.2. The number of nitrogens with two attached hydrogens (primary N) is 1. The van der Waals surface area contributed by atoms with E-state index in [1.54, 1.807) is 13.1 Å². The van der Waals surface area contributed by atoms with Gasteiger partial charge in [-0.05, 0) is 6.92 Å². The Kier molecular flexibility index (Phi) is 4.14. The van der Waals surface area contributed by atoms with Crippen LogP contribution in [0.15, 0.2) is 17.3 Å². The number of hydrogen-bond donors (Lipinski definition) is 2. The number of carboxylic acid groups (broad SMARTS) is 1. The summed E-state index contributed by atoms with van der Waals surface area (Å²) in [6.07, 6.45) is 1.75. The molecule has 0 amide bonds. The first-order valence-corrected chi connectivity index (χ1v) is 3.22. The van der Waals surface area contributed by atoms with Crippen LogP contribution in [0.5, 0.6) is 0 Å². The number of aliphatic imine (C=N–C) groups is 1. The normalized spacial score (nSPS) is 13.3. The standard InChI is InChI=1S/C7H12N2O2/c1-3-9-5(2)4-6(8)7(10)11/h3,6H,2,4,8H2,1H3,(H,10,11). The summed E-state index contributed by atoms with van der Waals surface area (Å²) in [6, 6.07) is -0.897. The van der Waals surface area contributed by atoms with E-state index >= 15 is 0 Å². The minimum absolute atomic E-state index is 0.194. The largest absolute Gasteiger partial charge is 0.480 e. The van der Waals surface area contributed by atoms with Gasteiger partial charge in [0.15, 0.2) is 0 Å². The first kappa shape index (κ1) is 9.84. The first-order chi connectivity index (χ1) is 5.07. The number of aliphatic carboxylic acids is 1. The lowest BCUT2D eigenvalue weighted by Gasteiger charge is -2.03. The van der Waals surface area contributed by atoms with Crippen LogP contribution in [-0.4, -0.2) is 23.3 Å². The van der Waals surface area contributed by atoms with E-state index in [0.717, 1.165) is 0 Å². The van der Waals surface area contributed by atoms with Crippen LogP contribution in [0.4, 0.5) is 0 Å².